The Hall–Kier alpha value is -4.14. The smallest absolute Gasteiger partial charge is 0.484 e. The van der Waals surface area contributed by atoms with Gasteiger partial charge in [0.2, 0.25) is 0 Å². The number of nitrogens with zero attached hydrogens (tertiary/aromatic N) is 1. The van der Waals surface area contributed by atoms with Crippen molar-refractivity contribution >= 4 is 22.7 Å². The molecular formula is C22H21F5N4O6. The summed E-state index contributed by atoms with van der Waals surface area (Å²) >= 11 is 0. The number of H-pyrrole nitrogens is 1. The van der Waals surface area contributed by atoms with Crippen molar-refractivity contribution in [3.8, 4) is 17.2 Å². The van der Waals surface area contributed by atoms with Gasteiger partial charge in [0.15, 0.2) is 24.8 Å². The van der Waals surface area contributed by atoms with Crippen molar-refractivity contribution in [3.05, 3.63) is 48.2 Å². The number of aliphatic hydroxyl groups excluding tert-OH is 1. The normalized spacial score (nSPS) is 12.2. The number of rotatable bonds is 12. The van der Waals surface area contributed by atoms with Gasteiger partial charge in [-0.2, -0.15) is 5.10 Å². The second-order valence-electron chi connectivity index (χ2n) is 7.55. The molecule has 3 rings (SSSR count). The molecule has 0 saturated heterocycles. The number of nitrogens with one attached hydrogen (secondary N) is 3. The van der Waals surface area contributed by atoms with E-state index in [4.69, 9.17) is 9.47 Å². The molecule has 37 heavy (non-hydrogen) atoms. The summed E-state index contributed by atoms with van der Waals surface area (Å²) in [5.41, 5.74) is 0.409. The van der Waals surface area contributed by atoms with Gasteiger partial charge in [-0.15, -0.1) is 13.2 Å². The fourth-order valence-electron chi connectivity index (χ4n) is 2.96. The Kier molecular flexibility index (Phi) is 9.05. The molecule has 1 atom stereocenters. The molecule has 0 spiro atoms. The molecule has 0 fully saturated rings. The van der Waals surface area contributed by atoms with Gasteiger partial charge in [-0.3, -0.25) is 14.7 Å². The number of halogens is 5. The van der Waals surface area contributed by atoms with Crippen molar-refractivity contribution in [2.45, 2.75) is 18.9 Å². The molecule has 200 valence electrons. The van der Waals surface area contributed by atoms with Gasteiger partial charge >= 0.3 is 6.36 Å². The highest BCUT2D eigenvalue weighted by Crippen LogP contribution is 2.28. The topological polar surface area (TPSA) is 135 Å². The fraction of sp³-hybridized carbons (Fsp3) is 0.318. The molecule has 1 aromatic heterocycles. The predicted octanol–water partition coefficient (Wildman–Crippen LogP) is 2.18. The first kappa shape index (κ1) is 27.4. The summed E-state index contributed by atoms with van der Waals surface area (Å²) in [7, 11) is 0. The Morgan fingerprint density at radius 3 is 2.38 bits per heavy atom. The number of hydrogen-bond donors (Lipinski definition) is 4. The Bertz CT molecular complexity index is 1240. The van der Waals surface area contributed by atoms with Crippen LogP contribution in [0.5, 0.6) is 17.2 Å². The second kappa shape index (κ2) is 12.2. The maximum atomic E-state index is 13.9. The Morgan fingerprint density at radius 1 is 1.00 bits per heavy atom. The average molecular weight is 532 g/mol. The molecule has 2 amide bonds. The molecule has 4 N–H and O–H groups in total. The lowest BCUT2D eigenvalue weighted by molar-refractivity contribution is -0.275. The van der Waals surface area contributed by atoms with Gasteiger partial charge in [-0.1, -0.05) is 0 Å². The molecule has 0 saturated carbocycles. The first-order chi connectivity index (χ1) is 17.5. The Balaban J connectivity index is 1.30. The first-order valence-corrected chi connectivity index (χ1v) is 10.6. The number of alkyl halides is 3. The summed E-state index contributed by atoms with van der Waals surface area (Å²) in [5.74, 6) is -4.22. The zero-order valence-corrected chi connectivity index (χ0v) is 18.9. The second-order valence-corrected chi connectivity index (χ2v) is 7.55. The van der Waals surface area contributed by atoms with E-state index in [0.717, 1.165) is 12.1 Å². The number of ether oxygens (including phenoxy) is 3. The van der Waals surface area contributed by atoms with Crippen molar-refractivity contribution < 1.29 is 50.9 Å². The lowest BCUT2D eigenvalue weighted by Crippen LogP contribution is -2.37. The van der Waals surface area contributed by atoms with Crippen molar-refractivity contribution in [2.75, 3.05) is 26.3 Å². The minimum atomic E-state index is -5.06. The Morgan fingerprint density at radius 2 is 1.68 bits per heavy atom. The van der Waals surface area contributed by atoms with Crippen LogP contribution in [-0.4, -0.2) is 65.9 Å². The van der Waals surface area contributed by atoms with Gasteiger partial charge in [0.1, 0.15) is 17.3 Å². The van der Waals surface area contributed by atoms with E-state index in [2.05, 4.69) is 25.6 Å². The van der Waals surface area contributed by atoms with Crippen molar-refractivity contribution in [3.63, 3.8) is 0 Å². The molecule has 15 heteroatoms. The SMILES string of the molecule is O=C(COc1cc(F)c2cn[nH]c2c1)NCC[C@H](O)CNC(=O)COc1ccc(OC(F)(F)F)c(F)c1. The maximum absolute atomic E-state index is 13.9. The molecule has 0 aliphatic carbocycles. The summed E-state index contributed by atoms with van der Waals surface area (Å²) in [6.45, 7) is -1.13. The number of carbonyl (C=O) groups is 2. The average Bonchev–Trinajstić information content (AvgIpc) is 3.30. The number of aromatic nitrogens is 2. The molecule has 3 aromatic rings. The third-order valence-corrected chi connectivity index (χ3v) is 4.69. The summed E-state index contributed by atoms with van der Waals surface area (Å²) in [6, 6.07) is 4.93. The molecule has 1 heterocycles. The van der Waals surface area contributed by atoms with Crippen LogP contribution in [0.2, 0.25) is 0 Å². The number of hydrogen-bond acceptors (Lipinski definition) is 7. The van der Waals surface area contributed by atoms with Crippen LogP contribution in [0.25, 0.3) is 10.9 Å². The highest BCUT2D eigenvalue weighted by molar-refractivity contribution is 5.81. The van der Waals surface area contributed by atoms with E-state index >= 15 is 0 Å². The molecular weight excluding hydrogens is 511 g/mol. The predicted molar refractivity (Wildman–Crippen MR) is 117 cm³/mol. The molecule has 2 aromatic carbocycles. The number of aromatic amines is 1. The Labute approximate surface area is 205 Å². The minimum absolute atomic E-state index is 0.0509. The summed E-state index contributed by atoms with van der Waals surface area (Å²) in [5, 5.41) is 21.4. The summed E-state index contributed by atoms with van der Waals surface area (Å²) in [6.07, 6.45) is -4.69. The number of carbonyl (C=O) groups excluding carboxylic acids is 2. The van der Waals surface area contributed by atoms with Crippen LogP contribution in [0.15, 0.2) is 36.5 Å². The number of amides is 2. The van der Waals surface area contributed by atoms with Crippen LogP contribution in [0.3, 0.4) is 0 Å². The van der Waals surface area contributed by atoms with Crippen molar-refractivity contribution in [1.29, 1.82) is 0 Å². The van der Waals surface area contributed by atoms with E-state index in [1.807, 2.05) is 0 Å². The van der Waals surface area contributed by atoms with Gasteiger partial charge in [-0.05, 0) is 18.6 Å². The van der Waals surface area contributed by atoms with Gasteiger partial charge in [0.25, 0.3) is 11.8 Å². The van der Waals surface area contributed by atoms with Gasteiger partial charge in [0, 0.05) is 31.3 Å². The van der Waals surface area contributed by atoms with Crippen LogP contribution in [0.1, 0.15) is 6.42 Å². The molecule has 10 nitrogen and oxygen atoms in total. The summed E-state index contributed by atoms with van der Waals surface area (Å²) in [4.78, 5) is 23.7. The van der Waals surface area contributed by atoms with Crippen LogP contribution in [0, 0.1) is 11.6 Å². The zero-order chi connectivity index (χ0) is 27.0. The summed E-state index contributed by atoms with van der Waals surface area (Å²) < 4.78 is 77.7. The monoisotopic (exact) mass is 532 g/mol. The lowest BCUT2D eigenvalue weighted by atomic mass is 10.2. The number of aliphatic hydroxyl groups is 1. The molecule has 0 aliphatic heterocycles. The van der Waals surface area contributed by atoms with Crippen molar-refractivity contribution in [1.82, 2.24) is 20.8 Å². The zero-order valence-electron chi connectivity index (χ0n) is 18.9. The van der Waals surface area contributed by atoms with Crippen molar-refractivity contribution in [2.24, 2.45) is 0 Å². The van der Waals surface area contributed by atoms with E-state index in [-0.39, 0.29) is 36.4 Å². The van der Waals surface area contributed by atoms with Gasteiger partial charge < -0.3 is 30.0 Å². The van der Waals surface area contributed by atoms with Gasteiger partial charge in [-0.25, -0.2) is 8.78 Å². The molecule has 0 aliphatic rings. The van der Waals surface area contributed by atoms with Crippen LogP contribution in [0.4, 0.5) is 22.0 Å². The first-order valence-electron chi connectivity index (χ1n) is 10.6. The van der Waals surface area contributed by atoms with Crippen LogP contribution >= 0.6 is 0 Å². The highest BCUT2D eigenvalue weighted by atomic mass is 19.4. The molecule has 0 radical (unpaired) electrons. The minimum Gasteiger partial charge on any atom is -0.484 e. The quantitative estimate of drug-likeness (QED) is 0.263. The maximum Gasteiger partial charge on any atom is 0.573 e. The van der Waals surface area contributed by atoms with Crippen LogP contribution in [-0.2, 0) is 9.59 Å². The highest BCUT2D eigenvalue weighted by Gasteiger charge is 2.32. The molecule has 0 unspecified atom stereocenters. The van der Waals surface area contributed by atoms with E-state index in [0.29, 0.717) is 17.6 Å². The van der Waals surface area contributed by atoms with E-state index in [1.54, 1.807) is 0 Å². The largest absolute Gasteiger partial charge is 0.573 e. The molecule has 0 bridgehead atoms. The van der Waals surface area contributed by atoms with E-state index < -0.39 is 54.9 Å². The third-order valence-electron chi connectivity index (χ3n) is 4.69. The van der Waals surface area contributed by atoms with Gasteiger partial charge in [0.05, 0.1) is 23.2 Å². The number of benzene rings is 2. The third kappa shape index (κ3) is 8.79. The van der Waals surface area contributed by atoms with Crippen LogP contribution < -0.4 is 24.8 Å². The number of fused-ring (bicyclic) bond motifs is 1. The lowest BCUT2D eigenvalue weighted by Gasteiger charge is -2.14. The van der Waals surface area contributed by atoms with E-state index in [9.17, 15) is 36.6 Å². The van der Waals surface area contributed by atoms with E-state index in [1.165, 1.54) is 12.3 Å². The fourth-order valence-corrected chi connectivity index (χ4v) is 2.96. The standard InChI is InChI=1S/C22H21F5N4O6/c23-16-6-14(7-18-15(16)9-30-31-18)36-10-20(33)28-4-3-12(32)8-29-21(34)11-35-13-1-2-19(17(24)5-13)37-22(25,26)27/h1-2,5-7,9,12,32H,3-4,8,10-11H2,(H,28,33)(H,29,34)(H,30,31)/t12-/m0/s1.